The number of hydrogen-bond acceptors (Lipinski definition) is 4. The Morgan fingerprint density at radius 1 is 1.30 bits per heavy atom. The zero-order valence-corrected chi connectivity index (χ0v) is 12.9. The maximum atomic E-state index is 13.0. The average Bonchev–Trinajstić information content (AvgIpc) is 3.21. The number of amides is 1. The average molecular weight is 307 g/mol. The summed E-state index contributed by atoms with van der Waals surface area (Å²) in [4.78, 5) is 23.5. The molecule has 1 fully saturated rings. The summed E-state index contributed by atoms with van der Waals surface area (Å²) < 4.78 is 0. The van der Waals surface area contributed by atoms with E-state index < -0.39 is 0 Å². The first-order valence-corrected chi connectivity index (χ1v) is 7.77. The molecule has 0 saturated carbocycles. The van der Waals surface area contributed by atoms with Crippen LogP contribution >= 0.6 is 0 Å². The smallest absolute Gasteiger partial charge is 0.275 e. The molecular weight excluding hydrogens is 290 g/mol. The number of H-pyrrole nitrogens is 1. The quantitative estimate of drug-likeness (QED) is 0.789. The summed E-state index contributed by atoms with van der Waals surface area (Å²) in [6.45, 7) is 2.60. The molecule has 1 aromatic carbocycles. The van der Waals surface area contributed by atoms with E-state index in [0.717, 1.165) is 41.8 Å². The summed E-state index contributed by atoms with van der Waals surface area (Å²) >= 11 is 0. The van der Waals surface area contributed by atoms with Gasteiger partial charge < -0.3 is 4.90 Å². The molecule has 0 aliphatic carbocycles. The topological polar surface area (TPSA) is 74.8 Å². The number of para-hydroxylation sites is 1. The van der Waals surface area contributed by atoms with Crippen LogP contribution in [0.1, 0.15) is 40.9 Å². The number of aromatic amines is 1. The molecule has 116 valence electrons. The Hall–Kier alpha value is -2.76. The number of rotatable bonds is 2. The lowest BCUT2D eigenvalue weighted by molar-refractivity contribution is 0.0728. The van der Waals surface area contributed by atoms with Gasteiger partial charge in [-0.2, -0.15) is 5.10 Å². The van der Waals surface area contributed by atoms with Crippen LogP contribution in [0.5, 0.6) is 0 Å². The van der Waals surface area contributed by atoms with E-state index >= 15 is 0 Å². The summed E-state index contributed by atoms with van der Waals surface area (Å²) in [6, 6.07) is 9.59. The van der Waals surface area contributed by atoms with Crippen LogP contribution in [-0.2, 0) is 0 Å². The second-order valence-corrected chi connectivity index (χ2v) is 5.80. The summed E-state index contributed by atoms with van der Waals surface area (Å²) in [7, 11) is 0. The highest BCUT2D eigenvalue weighted by Crippen LogP contribution is 2.32. The van der Waals surface area contributed by atoms with Gasteiger partial charge in [0, 0.05) is 18.1 Å². The molecular formula is C17H17N5O. The molecule has 0 spiro atoms. The highest BCUT2D eigenvalue weighted by atomic mass is 16.2. The van der Waals surface area contributed by atoms with Crippen molar-refractivity contribution >= 4 is 16.8 Å². The summed E-state index contributed by atoms with van der Waals surface area (Å²) in [5.41, 5.74) is 2.27. The molecule has 0 unspecified atom stereocenters. The van der Waals surface area contributed by atoms with E-state index in [1.807, 2.05) is 42.2 Å². The molecule has 6 heteroatoms. The number of aromatic nitrogens is 4. The number of aryl methyl sites for hydroxylation is 1. The number of benzene rings is 1. The van der Waals surface area contributed by atoms with Crippen LogP contribution in [0.3, 0.4) is 0 Å². The molecule has 1 amide bonds. The molecule has 0 bridgehead atoms. The molecule has 6 nitrogen and oxygen atoms in total. The summed E-state index contributed by atoms with van der Waals surface area (Å²) in [5.74, 6) is 0.688. The zero-order chi connectivity index (χ0) is 15.8. The van der Waals surface area contributed by atoms with Crippen molar-refractivity contribution in [3.8, 4) is 0 Å². The fraction of sp³-hybridized carbons (Fsp3) is 0.294. The number of fused-ring (bicyclic) bond motifs is 1. The molecule has 1 N–H and O–H groups in total. The lowest BCUT2D eigenvalue weighted by Crippen LogP contribution is -2.31. The van der Waals surface area contributed by atoms with Crippen LogP contribution in [0.15, 0.2) is 36.5 Å². The van der Waals surface area contributed by atoms with Gasteiger partial charge in [-0.25, -0.2) is 9.97 Å². The normalized spacial score (nSPS) is 17.8. The Bertz CT molecular complexity index is 872. The third-order valence-electron chi connectivity index (χ3n) is 4.33. The number of carbonyl (C=O) groups is 1. The Balaban J connectivity index is 1.70. The molecule has 2 aromatic heterocycles. The van der Waals surface area contributed by atoms with Crippen LogP contribution < -0.4 is 0 Å². The SMILES string of the molecule is Cc1nccc([C@H]2CCCN2C(=O)c2n[nH]c3ccccc23)n1. The minimum Gasteiger partial charge on any atom is -0.329 e. The molecule has 1 atom stereocenters. The van der Waals surface area contributed by atoms with Crippen molar-refractivity contribution in [2.75, 3.05) is 6.54 Å². The van der Waals surface area contributed by atoms with E-state index in [1.165, 1.54) is 0 Å². The van der Waals surface area contributed by atoms with Gasteiger partial charge in [-0.05, 0) is 31.9 Å². The first-order chi connectivity index (χ1) is 11.2. The van der Waals surface area contributed by atoms with Gasteiger partial charge in [-0.1, -0.05) is 18.2 Å². The second kappa shape index (κ2) is 5.46. The summed E-state index contributed by atoms with van der Waals surface area (Å²) in [5, 5.41) is 8.03. The van der Waals surface area contributed by atoms with Gasteiger partial charge in [-0.15, -0.1) is 0 Å². The number of carbonyl (C=O) groups excluding carboxylic acids is 1. The van der Waals surface area contributed by atoms with Crippen LogP contribution in [0.2, 0.25) is 0 Å². The van der Waals surface area contributed by atoms with Crippen molar-refractivity contribution in [1.29, 1.82) is 0 Å². The van der Waals surface area contributed by atoms with Gasteiger partial charge in [0.25, 0.3) is 5.91 Å². The highest BCUT2D eigenvalue weighted by molar-refractivity contribution is 6.04. The van der Waals surface area contributed by atoms with Crippen LogP contribution in [0.4, 0.5) is 0 Å². The molecule has 1 aliphatic rings. The molecule has 1 aliphatic heterocycles. The van der Waals surface area contributed by atoms with E-state index in [4.69, 9.17) is 0 Å². The van der Waals surface area contributed by atoms with Crippen molar-refractivity contribution in [2.24, 2.45) is 0 Å². The Kier molecular flexibility index (Phi) is 3.29. The van der Waals surface area contributed by atoms with E-state index in [-0.39, 0.29) is 11.9 Å². The molecule has 23 heavy (non-hydrogen) atoms. The molecule has 3 heterocycles. The van der Waals surface area contributed by atoms with Gasteiger partial charge in [0.15, 0.2) is 5.69 Å². The zero-order valence-electron chi connectivity index (χ0n) is 12.9. The predicted octanol–water partition coefficient (Wildman–Crippen LogP) is 2.64. The summed E-state index contributed by atoms with van der Waals surface area (Å²) in [6.07, 6.45) is 3.65. The van der Waals surface area contributed by atoms with E-state index in [2.05, 4.69) is 20.2 Å². The van der Waals surface area contributed by atoms with Gasteiger partial charge >= 0.3 is 0 Å². The Morgan fingerprint density at radius 2 is 2.17 bits per heavy atom. The predicted molar refractivity (Wildman–Crippen MR) is 85.9 cm³/mol. The number of likely N-dealkylation sites (tertiary alicyclic amines) is 1. The number of nitrogens with one attached hydrogen (secondary N) is 1. The third kappa shape index (κ3) is 2.36. The molecule has 3 aromatic rings. The monoisotopic (exact) mass is 307 g/mol. The number of nitrogens with zero attached hydrogens (tertiary/aromatic N) is 4. The standard InChI is InChI=1S/C17H17N5O/c1-11-18-9-8-14(19-11)15-7-4-10-22(15)17(23)16-12-5-2-3-6-13(12)20-21-16/h2-3,5-6,8-9,15H,4,7,10H2,1H3,(H,20,21)/t15-/m1/s1. The lowest BCUT2D eigenvalue weighted by atomic mass is 10.1. The van der Waals surface area contributed by atoms with Gasteiger partial charge in [0.2, 0.25) is 0 Å². The van der Waals surface area contributed by atoms with Crippen molar-refractivity contribution in [3.05, 3.63) is 53.7 Å². The fourth-order valence-electron chi connectivity index (χ4n) is 3.24. The van der Waals surface area contributed by atoms with Gasteiger partial charge in [0.1, 0.15) is 5.82 Å². The third-order valence-corrected chi connectivity index (χ3v) is 4.33. The van der Waals surface area contributed by atoms with Crippen molar-refractivity contribution in [2.45, 2.75) is 25.8 Å². The minimum atomic E-state index is -0.0405. The van der Waals surface area contributed by atoms with Crippen molar-refractivity contribution in [1.82, 2.24) is 25.1 Å². The maximum absolute atomic E-state index is 13.0. The number of hydrogen-bond donors (Lipinski definition) is 1. The molecule has 1 saturated heterocycles. The first-order valence-electron chi connectivity index (χ1n) is 7.77. The van der Waals surface area contributed by atoms with E-state index in [1.54, 1.807) is 6.20 Å². The molecule has 4 rings (SSSR count). The lowest BCUT2D eigenvalue weighted by Gasteiger charge is -2.23. The van der Waals surface area contributed by atoms with Crippen molar-refractivity contribution in [3.63, 3.8) is 0 Å². The largest absolute Gasteiger partial charge is 0.329 e. The van der Waals surface area contributed by atoms with E-state index in [0.29, 0.717) is 5.69 Å². The van der Waals surface area contributed by atoms with E-state index in [9.17, 15) is 4.79 Å². The Morgan fingerprint density at radius 3 is 3.04 bits per heavy atom. The first kappa shape index (κ1) is 13.9. The van der Waals surface area contributed by atoms with Gasteiger partial charge in [-0.3, -0.25) is 9.89 Å². The van der Waals surface area contributed by atoms with Crippen LogP contribution in [-0.4, -0.2) is 37.5 Å². The van der Waals surface area contributed by atoms with Crippen molar-refractivity contribution < 1.29 is 4.79 Å². The molecule has 0 radical (unpaired) electrons. The Labute approximate surface area is 133 Å². The van der Waals surface area contributed by atoms with Crippen LogP contribution in [0, 0.1) is 6.92 Å². The van der Waals surface area contributed by atoms with Crippen LogP contribution in [0.25, 0.3) is 10.9 Å². The van der Waals surface area contributed by atoms with Gasteiger partial charge in [0.05, 0.1) is 17.3 Å². The second-order valence-electron chi connectivity index (χ2n) is 5.80. The maximum Gasteiger partial charge on any atom is 0.275 e. The minimum absolute atomic E-state index is 0.000313. The fourth-order valence-corrected chi connectivity index (χ4v) is 3.24. The highest BCUT2D eigenvalue weighted by Gasteiger charge is 2.33.